The lowest BCUT2D eigenvalue weighted by Gasteiger charge is -2.19. The normalized spacial score (nSPS) is 11.6. The van der Waals surface area contributed by atoms with Gasteiger partial charge >= 0.3 is 0 Å². The first-order valence-corrected chi connectivity index (χ1v) is 8.82. The van der Waals surface area contributed by atoms with Gasteiger partial charge in [0.05, 0.1) is 11.6 Å². The standard InChI is InChI=1S/C18H19FN2O2S/c1-12(22)20-14-8-9-16(19)15(10-14)18(23)21-17(11-24-2)13-6-4-3-5-7-13/h3-10,17H,11H2,1-2H3,(H,20,22)(H,21,23)/t17-/m0/s1. The number of nitrogens with one attached hydrogen (secondary N) is 2. The number of amides is 2. The largest absolute Gasteiger partial charge is 0.344 e. The summed E-state index contributed by atoms with van der Waals surface area (Å²) in [5.41, 5.74) is 1.25. The van der Waals surface area contributed by atoms with Gasteiger partial charge in [0.15, 0.2) is 0 Å². The van der Waals surface area contributed by atoms with Gasteiger partial charge in [-0.3, -0.25) is 9.59 Å². The van der Waals surface area contributed by atoms with E-state index in [0.717, 1.165) is 5.56 Å². The first-order valence-electron chi connectivity index (χ1n) is 7.43. The maximum absolute atomic E-state index is 14.0. The molecule has 2 rings (SSSR count). The summed E-state index contributed by atoms with van der Waals surface area (Å²) in [7, 11) is 0. The minimum atomic E-state index is -0.627. The zero-order valence-corrected chi connectivity index (χ0v) is 14.3. The van der Waals surface area contributed by atoms with E-state index in [1.165, 1.54) is 25.1 Å². The average molecular weight is 346 g/mol. The lowest BCUT2D eigenvalue weighted by Crippen LogP contribution is -2.30. The van der Waals surface area contributed by atoms with Crippen LogP contribution in [0.2, 0.25) is 0 Å². The van der Waals surface area contributed by atoms with Crippen LogP contribution >= 0.6 is 11.8 Å². The predicted molar refractivity (Wildman–Crippen MR) is 95.7 cm³/mol. The van der Waals surface area contributed by atoms with Crippen LogP contribution in [0.4, 0.5) is 10.1 Å². The van der Waals surface area contributed by atoms with Crippen LogP contribution in [0.5, 0.6) is 0 Å². The molecule has 0 fully saturated rings. The van der Waals surface area contributed by atoms with E-state index in [4.69, 9.17) is 0 Å². The first kappa shape index (κ1) is 18.0. The van der Waals surface area contributed by atoms with Crippen LogP contribution < -0.4 is 10.6 Å². The lowest BCUT2D eigenvalue weighted by molar-refractivity contribution is -0.114. The molecular weight excluding hydrogens is 327 g/mol. The van der Waals surface area contributed by atoms with Crippen LogP contribution in [0, 0.1) is 5.82 Å². The fraction of sp³-hybridized carbons (Fsp3) is 0.222. The summed E-state index contributed by atoms with van der Waals surface area (Å²) in [5.74, 6) is -0.749. The molecule has 2 N–H and O–H groups in total. The maximum Gasteiger partial charge on any atom is 0.254 e. The molecule has 0 aliphatic rings. The van der Waals surface area contributed by atoms with Gasteiger partial charge in [0.25, 0.3) is 5.91 Å². The average Bonchev–Trinajstić information content (AvgIpc) is 2.56. The monoisotopic (exact) mass is 346 g/mol. The van der Waals surface area contributed by atoms with E-state index in [2.05, 4.69) is 10.6 Å². The van der Waals surface area contributed by atoms with Crippen molar-refractivity contribution in [1.82, 2.24) is 5.32 Å². The number of carbonyl (C=O) groups is 2. The highest BCUT2D eigenvalue weighted by atomic mass is 32.2. The minimum Gasteiger partial charge on any atom is -0.344 e. The van der Waals surface area contributed by atoms with E-state index in [-0.39, 0.29) is 17.5 Å². The topological polar surface area (TPSA) is 58.2 Å². The highest BCUT2D eigenvalue weighted by Crippen LogP contribution is 2.20. The van der Waals surface area contributed by atoms with Gasteiger partial charge in [-0.05, 0) is 30.0 Å². The second-order valence-electron chi connectivity index (χ2n) is 5.27. The maximum atomic E-state index is 14.0. The summed E-state index contributed by atoms with van der Waals surface area (Å²) in [6.45, 7) is 1.35. The Bertz CT molecular complexity index is 722. The fourth-order valence-corrected chi connectivity index (χ4v) is 2.90. The Labute approximate surface area is 144 Å². The molecule has 0 saturated carbocycles. The summed E-state index contributed by atoms with van der Waals surface area (Å²) >= 11 is 1.59. The molecule has 0 bridgehead atoms. The molecular formula is C18H19FN2O2S. The Hall–Kier alpha value is -2.34. The Morgan fingerprint density at radius 3 is 2.50 bits per heavy atom. The molecule has 0 spiro atoms. The molecule has 0 unspecified atom stereocenters. The molecule has 4 nitrogen and oxygen atoms in total. The van der Waals surface area contributed by atoms with Crippen molar-refractivity contribution < 1.29 is 14.0 Å². The highest BCUT2D eigenvalue weighted by molar-refractivity contribution is 7.98. The van der Waals surface area contributed by atoms with Crippen molar-refractivity contribution in [2.24, 2.45) is 0 Å². The Morgan fingerprint density at radius 1 is 1.17 bits per heavy atom. The molecule has 0 aromatic heterocycles. The third-order valence-corrected chi connectivity index (χ3v) is 4.04. The number of benzene rings is 2. The zero-order valence-electron chi connectivity index (χ0n) is 13.5. The van der Waals surface area contributed by atoms with Gasteiger partial charge in [-0.2, -0.15) is 11.8 Å². The van der Waals surface area contributed by atoms with Crippen LogP contribution in [-0.2, 0) is 4.79 Å². The predicted octanol–water partition coefficient (Wildman–Crippen LogP) is 3.62. The number of rotatable bonds is 6. The van der Waals surface area contributed by atoms with Crippen molar-refractivity contribution in [3.63, 3.8) is 0 Å². The molecule has 0 radical (unpaired) electrons. The van der Waals surface area contributed by atoms with Gasteiger partial charge in [-0.1, -0.05) is 30.3 Å². The number of thioether (sulfide) groups is 1. The molecule has 0 saturated heterocycles. The number of anilines is 1. The second kappa shape index (κ2) is 8.49. The molecule has 2 amide bonds. The second-order valence-corrected chi connectivity index (χ2v) is 6.18. The molecule has 2 aromatic carbocycles. The lowest BCUT2D eigenvalue weighted by atomic mass is 10.1. The molecule has 0 aliphatic heterocycles. The fourth-order valence-electron chi connectivity index (χ4n) is 2.29. The number of halogens is 1. The quantitative estimate of drug-likeness (QED) is 0.840. The van der Waals surface area contributed by atoms with Crippen molar-refractivity contribution >= 4 is 29.3 Å². The van der Waals surface area contributed by atoms with Crippen LogP contribution in [-0.4, -0.2) is 23.8 Å². The van der Waals surface area contributed by atoms with Gasteiger partial charge < -0.3 is 10.6 Å². The third kappa shape index (κ3) is 4.83. The molecule has 2 aromatic rings. The number of hydrogen-bond donors (Lipinski definition) is 2. The van der Waals surface area contributed by atoms with Crippen LogP contribution in [0.15, 0.2) is 48.5 Å². The van der Waals surface area contributed by atoms with E-state index >= 15 is 0 Å². The summed E-state index contributed by atoms with van der Waals surface area (Å²) in [6, 6.07) is 13.2. The summed E-state index contributed by atoms with van der Waals surface area (Å²) in [5, 5.41) is 5.41. The number of hydrogen-bond acceptors (Lipinski definition) is 3. The van der Waals surface area contributed by atoms with E-state index in [9.17, 15) is 14.0 Å². The van der Waals surface area contributed by atoms with E-state index in [1.807, 2.05) is 36.6 Å². The van der Waals surface area contributed by atoms with Crippen LogP contribution in [0.25, 0.3) is 0 Å². The van der Waals surface area contributed by atoms with Gasteiger partial charge in [0.2, 0.25) is 5.91 Å². The molecule has 0 aliphatic carbocycles. The van der Waals surface area contributed by atoms with Crippen LogP contribution in [0.3, 0.4) is 0 Å². The van der Waals surface area contributed by atoms with Crippen LogP contribution in [0.1, 0.15) is 28.9 Å². The molecule has 24 heavy (non-hydrogen) atoms. The van der Waals surface area contributed by atoms with Crippen molar-refractivity contribution in [2.75, 3.05) is 17.3 Å². The molecule has 1 atom stereocenters. The van der Waals surface area contributed by atoms with E-state index in [0.29, 0.717) is 11.4 Å². The Kier molecular flexibility index (Phi) is 6.37. The number of carbonyl (C=O) groups excluding carboxylic acids is 2. The molecule has 126 valence electrons. The Balaban J connectivity index is 2.22. The summed E-state index contributed by atoms with van der Waals surface area (Å²) in [4.78, 5) is 23.6. The SMILES string of the molecule is CSC[C@H](NC(=O)c1cc(NC(C)=O)ccc1F)c1ccccc1. The third-order valence-electron chi connectivity index (χ3n) is 3.37. The zero-order chi connectivity index (χ0) is 17.5. The smallest absolute Gasteiger partial charge is 0.254 e. The van der Waals surface area contributed by atoms with E-state index < -0.39 is 11.7 Å². The highest BCUT2D eigenvalue weighted by Gasteiger charge is 2.18. The van der Waals surface area contributed by atoms with Gasteiger partial charge in [-0.25, -0.2) is 4.39 Å². The minimum absolute atomic E-state index is 0.0942. The molecule has 0 heterocycles. The van der Waals surface area contributed by atoms with Crippen molar-refractivity contribution in [1.29, 1.82) is 0 Å². The summed E-state index contributed by atoms with van der Waals surface area (Å²) in [6.07, 6.45) is 1.94. The van der Waals surface area contributed by atoms with Gasteiger partial charge in [0.1, 0.15) is 5.82 Å². The van der Waals surface area contributed by atoms with Crippen molar-refractivity contribution in [3.8, 4) is 0 Å². The van der Waals surface area contributed by atoms with Crippen molar-refractivity contribution in [2.45, 2.75) is 13.0 Å². The first-order chi connectivity index (χ1) is 11.5. The Morgan fingerprint density at radius 2 is 1.88 bits per heavy atom. The molecule has 6 heteroatoms. The van der Waals surface area contributed by atoms with Gasteiger partial charge in [0, 0.05) is 18.4 Å². The van der Waals surface area contributed by atoms with Crippen molar-refractivity contribution in [3.05, 3.63) is 65.5 Å². The summed E-state index contributed by atoms with van der Waals surface area (Å²) < 4.78 is 14.0. The van der Waals surface area contributed by atoms with Gasteiger partial charge in [-0.15, -0.1) is 0 Å². The van der Waals surface area contributed by atoms with E-state index in [1.54, 1.807) is 11.8 Å².